The maximum atomic E-state index is 12.0. The molecule has 6 nitrogen and oxygen atoms in total. The first-order chi connectivity index (χ1) is 8.68. The molecule has 102 valence electrons. The summed E-state index contributed by atoms with van der Waals surface area (Å²) in [4.78, 5) is 13.6. The van der Waals surface area contributed by atoms with Gasteiger partial charge < -0.3 is 25.6 Å². The number of hydrogen-bond donors (Lipinski definition) is 4. The van der Waals surface area contributed by atoms with E-state index >= 15 is 0 Å². The van der Waals surface area contributed by atoms with E-state index in [-0.39, 0.29) is 5.91 Å². The first kappa shape index (κ1) is 13.8. The largest absolute Gasteiger partial charge is 0.475 e. The highest BCUT2D eigenvalue weighted by Crippen LogP contribution is 2.17. The van der Waals surface area contributed by atoms with Gasteiger partial charge in [-0.3, -0.25) is 4.79 Å². The van der Waals surface area contributed by atoms with Gasteiger partial charge in [0.25, 0.3) is 0 Å². The van der Waals surface area contributed by atoms with Crippen LogP contribution < -0.4 is 10.6 Å². The zero-order valence-electron chi connectivity index (χ0n) is 10.6. The van der Waals surface area contributed by atoms with E-state index in [1.807, 2.05) is 0 Å². The summed E-state index contributed by atoms with van der Waals surface area (Å²) >= 11 is 0. The Morgan fingerprint density at radius 3 is 2.72 bits per heavy atom. The van der Waals surface area contributed by atoms with E-state index in [1.165, 1.54) is 0 Å². The standard InChI is InChI=1S/C11H22BN3O3/c16-11(8-14-9-3-5-13-6-4-9)15-7-1-2-10(15)12(17)18/h9-10,13-14,17-18H,1-8H2/t10-/m0/s1. The van der Waals surface area contributed by atoms with Crippen molar-refractivity contribution in [3.63, 3.8) is 0 Å². The number of rotatable bonds is 4. The molecule has 2 aliphatic rings. The maximum Gasteiger partial charge on any atom is 0.475 e. The first-order valence-electron chi connectivity index (χ1n) is 6.78. The summed E-state index contributed by atoms with van der Waals surface area (Å²) in [5.74, 6) is -0.448. The smallest absolute Gasteiger partial charge is 0.426 e. The van der Waals surface area contributed by atoms with Gasteiger partial charge >= 0.3 is 7.12 Å². The Balaban J connectivity index is 1.76. The highest BCUT2D eigenvalue weighted by atomic mass is 16.4. The van der Waals surface area contributed by atoms with Gasteiger partial charge in [-0.15, -0.1) is 0 Å². The topological polar surface area (TPSA) is 84.8 Å². The fraction of sp³-hybridized carbons (Fsp3) is 0.909. The molecule has 0 bridgehead atoms. The quantitative estimate of drug-likeness (QED) is 0.451. The Labute approximate surface area is 108 Å². The van der Waals surface area contributed by atoms with Crippen LogP contribution in [0.5, 0.6) is 0 Å². The lowest BCUT2D eigenvalue weighted by Gasteiger charge is -2.27. The zero-order chi connectivity index (χ0) is 13.0. The summed E-state index contributed by atoms with van der Waals surface area (Å²) in [5.41, 5.74) is 0. The molecule has 0 radical (unpaired) electrons. The monoisotopic (exact) mass is 255 g/mol. The second kappa shape index (κ2) is 6.52. The molecule has 0 aromatic rings. The number of nitrogens with zero attached hydrogens (tertiary/aromatic N) is 1. The van der Waals surface area contributed by atoms with Gasteiger partial charge in [0, 0.05) is 12.6 Å². The highest BCUT2D eigenvalue weighted by Gasteiger charge is 2.36. The summed E-state index contributed by atoms with van der Waals surface area (Å²) in [6.07, 6.45) is 3.61. The van der Waals surface area contributed by atoms with E-state index in [0.717, 1.165) is 32.4 Å². The van der Waals surface area contributed by atoms with Crippen molar-refractivity contribution in [1.29, 1.82) is 0 Å². The molecule has 2 fully saturated rings. The fourth-order valence-electron chi connectivity index (χ4n) is 2.77. The second-order valence-electron chi connectivity index (χ2n) is 5.12. The van der Waals surface area contributed by atoms with Crippen LogP contribution in [-0.2, 0) is 4.79 Å². The third kappa shape index (κ3) is 3.44. The van der Waals surface area contributed by atoms with Crippen molar-refractivity contribution in [2.45, 2.75) is 37.7 Å². The van der Waals surface area contributed by atoms with Crippen LogP contribution in [0.3, 0.4) is 0 Å². The van der Waals surface area contributed by atoms with Crippen LogP contribution in [0.25, 0.3) is 0 Å². The molecule has 7 heteroatoms. The van der Waals surface area contributed by atoms with Crippen LogP contribution in [0.1, 0.15) is 25.7 Å². The van der Waals surface area contributed by atoms with Crippen LogP contribution >= 0.6 is 0 Å². The Kier molecular flexibility index (Phi) is 4.99. The van der Waals surface area contributed by atoms with Gasteiger partial charge in [-0.25, -0.2) is 0 Å². The molecule has 2 saturated heterocycles. The number of likely N-dealkylation sites (tertiary alicyclic amines) is 1. The van der Waals surface area contributed by atoms with E-state index in [0.29, 0.717) is 25.6 Å². The summed E-state index contributed by atoms with van der Waals surface area (Å²) in [7, 11) is -1.42. The zero-order valence-corrected chi connectivity index (χ0v) is 10.6. The fourth-order valence-corrected chi connectivity index (χ4v) is 2.77. The van der Waals surface area contributed by atoms with Gasteiger partial charge in [-0.05, 0) is 38.8 Å². The van der Waals surface area contributed by atoms with Crippen LogP contribution in [-0.4, -0.2) is 66.1 Å². The van der Waals surface area contributed by atoms with Crippen molar-refractivity contribution < 1.29 is 14.8 Å². The van der Waals surface area contributed by atoms with Crippen molar-refractivity contribution in [3.05, 3.63) is 0 Å². The molecule has 2 aliphatic heterocycles. The van der Waals surface area contributed by atoms with Gasteiger partial charge in [0.15, 0.2) is 0 Å². The predicted molar refractivity (Wildman–Crippen MR) is 68.8 cm³/mol. The molecule has 0 saturated carbocycles. The molecule has 18 heavy (non-hydrogen) atoms. The predicted octanol–water partition coefficient (Wildman–Crippen LogP) is -1.67. The van der Waals surface area contributed by atoms with Crippen molar-refractivity contribution >= 4 is 13.0 Å². The lowest BCUT2D eigenvalue weighted by Crippen LogP contribution is -2.50. The van der Waals surface area contributed by atoms with Crippen molar-refractivity contribution in [3.8, 4) is 0 Å². The lowest BCUT2D eigenvalue weighted by molar-refractivity contribution is -0.130. The number of nitrogens with one attached hydrogen (secondary N) is 2. The molecule has 4 N–H and O–H groups in total. The second-order valence-corrected chi connectivity index (χ2v) is 5.12. The van der Waals surface area contributed by atoms with Crippen LogP contribution in [0.4, 0.5) is 0 Å². The Morgan fingerprint density at radius 1 is 1.33 bits per heavy atom. The molecule has 0 aromatic heterocycles. The van der Waals surface area contributed by atoms with Crippen LogP contribution in [0.15, 0.2) is 0 Å². The van der Waals surface area contributed by atoms with Gasteiger partial charge in [-0.2, -0.15) is 0 Å². The molecule has 1 amide bonds. The molecule has 0 aromatic carbocycles. The van der Waals surface area contributed by atoms with Crippen molar-refractivity contribution in [2.75, 3.05) is 26.2 Å². The molecule has 1 atom stereocenters. The SMILES string of the molecule is O=C(CNC1CCNCC1)N1CCC[C@H]1B(O)O. The van der Waals surface area contributed by atoms with Crippen molar-refractivity contribution in [1.82, 2.24) is 15.5 Å². The highest BCUT2D eigenvalue weighted by molar-refractivity contribution is 6.43. The number of carbonyl (C=O) groups is 1. The van der Waals surface area contributed by atoms with Crippen LogP contribution in [0.2, 0.25) is 0 Å². The third-order valence-electron chi connectivity index (χ3n) is 3.84. The summed E-state index contributed by atoms with van der Waals surface area (Å²) in [6.45, 7) is 2.92. The Bertz CT molecular complexity index is 285. The molecule has 2 rings (SSSR count). The summed E-state index contributed by atoms with van der Waals surface area (Å²) in [5, 5.41) is 25.0. The van der Waals surface area contributed by atoms with Gasteiger partial charge in [0.1, 0.15) is 0 Å². The molecule has 2 heterocycles. The summed E-state index contributed by atoms with van der Waals surface area (Å²) in [6, 6.07) is 0.398. The number of hydrogen-bond acceptors (Lipinski definition) is 5. The maximum absolute atomic E-state index is 12.0. The Morgan fingerprint density at radius 2 is 2.06 bits per heavy atom. The minimum atomic E-state index is -1.42. The number of piperidine rings is 1. The first-order valence-corrected chi connectivity index (χ1v) is 6.78. The third-order valence-corrected chi connectivity index (χ3v) is 3.84. The minimum absolute atomic E-state index is 0.0240. The van der Waals surface area contributed by atoms with Gasteiger partial charge in [0.05, 0.1) is 12.5 Å². The van der Waals surface area contributed by atoms with Gasteiger partial charge in [0.2, 0.25) is 5.91 Å². The van der Waals surface area contributed by atoms with Crippen molar-refractivity contribution in [2.24, 2.45) is 0 Å². The molecular weight excluding hydrogens is 233 g/mol. The van der Waals surface area contributed by atoms with E-state index in [1.54, 1.807) is 4.90 Å². The number of amides is 1. The van der Waals surface area contributed by atoms with E-state index < -0.39 is 13.1 Å². The van der Waals surface area contributed by atoms with Crippen LogP contribution in [0, 0.1) is 0 Å². The van der Waals surface area contributed by atoms with E-state index in [4.69, 9.17) is 0 Å². The van der Waals surface area contributed by atoms with E-state index in [2.05, 4.69) is 10.6 Å². The minimum Gasteiger partial charge on any atom is -0.426 e. The molecule has 0 aliphatic carbocycles. The normalized spacial score (nSPS) is 25.4. The Hall–Kier alpha value is -0.625. The molecule has 0 spiro atoms. The average Bonchev–Trinajstić information content (AvgIpc) is 2.86. The lowest BCUT2D eigenvalue weighted by atomic mass is 9.78. The molecule has 0 unspecified atom stereocenters. The average molecular weight is 255 g/mol. The van der Waals surface area contributed by atoms with Gasteiger partial charge in [-0.1, -0.05) is 0 Å². The summed E-state index contributed by atoms with van der Waals surface area (Å²) < 4.78 is 0. The van der Waals surface area contributed by atoms with E-state index in [9.17, 15) is 14.8 Å². The molecular formula is C11H22BN3O3. The number of carbonyl (C=O) groups excluding carboxylic acids is 1.